The molecule has 0 spiro atoms. The lowest BCUT2D eigenvalue weighted by Gasteiger charge is -2.43. The molecule has 2 aliphatic rings. The molecule has 1 saturated heterocycles. The molecule has 5 rings (SSSR count). The number of nitrogens with zero attached hydrogens (tertiary/aromatic N) is 5. The Labute approximate surface area is 262 Å². The number of Topliss-reactive ketones (excluding diaryl/α,β-unsaturated/α-hetero) is 1. The summed E-state index contributed by atoms with van der Waals surface area (Å²) in [7, 11) is 0. The van der Waals surface area contributed by atoms with E-state index in [-0.39, 0.29) is 48.8 Å². The van der Waals surface area contributed by atoms with Crippen LogP contribution in [0.4, 0.5) is 30.2 Å². The van der Waals surface area contributed by atoms with Crippen molar-refractivity contribution in [1.82, 2.24) is 4.90 Å². The Kier molecular flexibility index (Phi) is 8.65. The van der Waals surface area contributed by atoms with Crippen molar-refractivity contribution in [3.63, 3.8) is 0 Å². The molecule has 1 fully saturated rings. The average Bonchev–Trinajstić information content (AvgIpc) is 3.04. The second-order valence-corrected chi connectivity index (χ2v) is 11.0. The molecular formula is C33H28F3N5O5. The Morgan fingerprint density at radius 3 is 2.22 bits per heavy atom. The molecular weight excluding hydrogens is 603 g/mol. The lowest BCUT2D eigenvalue weighted by atomic mass is 9.73. The molecule has 236 valence electrons. The van der Waals surface area contributed by atoms with Crippen molar-refractivity contribution < 1.29 is 32.5 Å². The summed E-state index contributed by atoms with van der Waals surface area (Å²) in [5, 5.41) is 20.9. The highest BCUT2D eigenvalue weighted by molar-refractivity contribution is 6.15. The smallest absolute Gasteiger partial charge is 0.362 e. The first-order valence-electron chi connectivity index (χ1n) is 14.3. The van der Waals surface area contributed by atoms with Crippen molar-refractivity contribution >= 4 is 34.7 Å². The van der Waals surface area contributed by atoms with Gasteiger partial charge in [-0.1, -0.05) is 30.3 Å². The van der Waals surface area contributed by atoms with Crippen molar-refractivity contribution in [3.05, 3.63) is 111 Å². The van der Waals surface area contributed by atoms with Gasteiger partial charge in [0.25, 0.3) is 5.69 Å². The summed E-state index contributed by atoms with van der Waals surface area (Å²) in [6.07, 6.45) is -4.70. The Balaban J connectivity index is 1.57. The first-order valence-corrected chi connectivity index (χ1v) is 14.3. The summed E-state index contributed by atoms with van der Waals surface area (Å²) in [6.45, 7) is 3.34. The molecule has 46 heavy (non-hydrogen) atoms. The molecule has 10 nitrogen and oxygen atoms in total. The van der Waals surface area contributed by atoms with Gasteiger partial charge < -0.3 is 9.80 Å². The van der Waals surface area contributed by atoms with Gasteiger partial charge in [-0.15, -0.1) is 0 Å². The zero-order valence-corrected chi connectivity index (χ0v) is 24.8. The number of amides is 2. The van der Waals surface area contributed by atoms with Gasteiger partial charge in [0, 0.05) is 55.1 Å². The Bertz CT molecular complexity index is 1790. The van der Waals surface area contributed by atoms with Crippen LogP contribution in [-0.2, 0) is 20.6 Å². The molecule has 0 N–H and O–H groups in total. The van der Waals surface area contributed by atoms with Gasteiger partial charge in [-0.3, -0.25) is 29.4 Å². The SMILES string of the molecule is CC(=O)C1=C(C)N(c2cccc(C(F)(F)F)c2)C(=O)C(C(=O)N2CCN(c3ccccc3[N+](=O)[O-])CC2)C1c1ccc(C#N)cc1. The maximum atomic E-state index is 14.4. The standard InChI is InChI=1S/C33H28F3N5O5/c1-20-28(21(2)42)29(23-12-10-22(19-37)11-13-23)30(32(44)40(20)25-7-5-6-24(18-25)33(34,35)36)31(43)39-16-14-38(15-17-39)26-8-3-4-9-27(26)41(45)46/h3-13,18,29-30H,14-17H2,1-2H3. The van der Waals surface area contributed by atoms with E-state index in [2.05, 4.69) is 0 Å². The highest BCUT2D eigenvalue weighted by Gasteiger charge is 2.49. The van der Waals surface area contributed by atoms with Crippen molar-refractivity contribution in [2.24, 2.45) is 5.92 Å². The van der Waals surface area contributed by atoms with E-state index in [1.807, 2.05) is 6.07 Å². The quantitative estimate of drug-likeness (QED) is 0.201. The van der Waals surface area contributed by atoms with E-state index >= 15 is 0 Å². The predicted molar refractivity (Wildman–Crippen MR) is 162 cm³/mol. The fraction of sp³-hybridized carbons (Fsp3) is 0.273. The Hall–Kier alpha value is -5.51. The monoisotopic (exact) mass is 631 g/mol. The predicted octanol–water partition coefficient (Wildman–Crippen LogP) is 5.44. The average molecular weight is 632 g/mol. The summed E-state index contributed by atoms with van der Waals surface area (Å²) in [6, 6.07) is 18.5. The number of nitro benzene ring substituents is 1. The third-order valence-electron chi connectivity index (χ3n) is 8.34. The van der Waals surface area contributed by atoms with E-state index in [1.165, 1.54) is 43.0 Å². The van der Waals surface area contributed by atoms with Gasteiger partial charge in [-0.2, -0.15) is 18.4 Å². The third-order valence-corrected chi connectivity index (χ3v) is 8.34. The van der Waals surface area contributed by atoms with Gasteiger partial charge >= 0.3 is 6.18 Å². The topological polar surface area (TPSA) is 128 Å². The molecule has 2 atom stereocenters. The van der Waals surface area contributed by atoms with E-state index in [0.29, 0.717) is 16.8 Å². The lowest BCUT2D eigenvalue weighted by Crippen LogP contribution is -2.56. The number of nitriles is 1. The van der Waals surface area contributed by atoms with Crippen molar-refractivity contribution in [2.45, 2.75) is 25.9 Å². The van der Waals surface area contributed by atoms with E-state index in [4.69, 9.17) is 0 Å². The fourth-order valence-corrected chi connectivity index (χ4v) is 6.20. The number of nitro groups is 1. The van der Waals surface area contributed by atoms with E-state index in [9.17, 15) is 42.9 Å². The van der Waals surface area contributed by atoms with Crippen molar-refractivity contribution in [3.8, 4) is 6.07 Å². The molecule has 0 saturated carbocycles. The third kappa shape index (κ3) is 5.93. The molecule has 2 amide bonds. The normalized spacial score (nSPS) is 18.8. The van der Waals surface area contributed by atoms with Gasteiger partial charge in [0.05, 0.1) is 22.1 Å². The first kappa shape index (κ1) is 31.9. The second-order valence-electron chi connectivity index (χ2n) is 11.0. The van der Waals surface area contributed by atoms with Gasteiger partial charge in [-0.25, -0.2) is 0 Å². The second kappa shape index (κ2) is 12.5. The van der Waals surface area contributed by atoms with Crippen LogP contribution in [0.15, 0.2) is 84.1 Å². The number of hydrogen-bond acceptors (Lipinski definition) is 7. The lowest BCUT2D eigenvalue weighted by molar-refractivity contribution is -0.384. The number of rotatable bonds is 6. The number of hydrogen-bond donors (Lipinski definition) is 0. The number of alkyl halides is 3. The van der Waals surface area contributed by atoms with Gasteiger partial charge in [0.1, 0.15) is 11.6 Å². The Morgan fingerprint density at radius 1 is 0.978 bits per heavy atom. The largest absolute Gasteiger partial charge is 0.416 e. The minimum absolute atomic E-state index is 0.0821. The number of allylic oxidation sites excluding steroid dienone is 2. The number of piperazine rings is 1. The van der Waals surface area contributed by atoms with Gasteiger partial charge in [0.15, 0.2) is 5.78 Å². The molecule has 3 aromatic rings. The Morgan fingerprint density at radius 2 is 1.63 bits per heavy atom. The number of halogens is 3. The zero-order valence-electron chi connectivity index (χ0n) is 24.8. The number of carbonyl (C=O) groups excluding carboxylic acids is 3. The molecule has 13 heteroatoms. The first-order chi connectivity index (χ1) is 21.8. The molecule has 2 aliphatic heterocycles. The van der Waals surface area contributed by atoms with Crippen LogP contribution >= 0.6 is 0 Å². The minimum atomic E-state index is -4.70. The van der Waals surface area contributed by atoms with E-state index in [1.54, 1.807) is 35.2 Å². The van der Waals surface area contributed by atoms with Crippen LogP contribution in [-0.4, -0.2) is 53.6 Å². The molecule has 3 aromatic carbocycles. The summed E-state index contributed by atoms with van der Waals surface area (Å²) < 4.78 is 41.0. The fourth-order valence-electron chi connectivity index (χ4n) is 6.20. The maximum Gasteiger partial charge on any atom is 0.416 e. The molecule has 2 unspecified atom stereocenters. The highest BCUT2D eigenvalue weighted by Crippen LogP contribution is 2.44. The van der Waals surface area contributed by atoms with Gasteiger partial charge in [0.2, 0.25) is 11.8 Å². The van der Waals surface area contributed by atoms with Crippen LogP contribution in [0, 0.1) is 27.4 Å². The van der Waals surface area contributed by atoms with Crippen LogP contribution in [0.5, 0.6) is 0 Å². The molecule has 0 bridgehead atoms. The van der Waals surface area contributed by atoms with Crippen molar-refractivity contribution in [1.29, 1.82) is 5.26 Å². The summed E-state index contributed by atoms with van der Waals surface area (Å²) in [4.78, 5) is 57.3. The number of benzene rings is 3. The summed E-state index contributed by atoms with van der Waals surface area (Å²) in [5.41, 5.74) is 0.0562. The maximum absolute atomic E-state index is 14.4. The zero-order chi connectivity index (χ0) is 33.3. The number of carbonyl (C=O) groups is 3. The van der Waals surface area contributed by atoms with Crippen LogP contribution in [0.2, 0.25) is 0 Å². The number of ketones is 1. The van der Waals surface area contributed by atoms with E-state index < -0.39 is 46.1 Å². The van der Waals surface area contributed by atoms with Crippen LogP contribution in [0.25, 0.3) is 0 Å². The van der Waals surface area contributed by atoms with Crippen LogP contribution in [0.3, 0.4) is 0 Å². The molecule has 0 aromatic heterocycles. The number of para-hydroxylation sites is 2. The summed E-state index contributed by atoms with van der Waals surface area (Å²) in [5.74, 6) is -4.52. The molecule has 0 radical (unpaired) electrons. The summed E-state index contributed by atoms with van der Waals surface area (Å²) >= 11 is 0. The van der Waals surface area contributed by atoms with Crippen LogP contribution in [0.1, 0.15) is 36.5 Å². The highest BCUT2D eigenvalue weighted by atomic mass is 19.4. The molecule has 0 aliphatic carbocycles. The van der Waals surface area contributed by atoms with Crippen LogP contribution < -0.4 is 9.80 Å². The van der Waals surface area contributed by atoms with Gasteiger partial charge in [-0.05, 0) is 55.8 Å². The van der Waals surface area contributed by atoms with Crippen molar-refractivity contribution in [2.75, 3.05) is 36.0 Å². The molecule has 2 heterocycles. The minimum Gasteiger partial charge on any atom is -0.362 e. The number of anilines is 2. The van der Waals surface area contributed by atoms with E-state index in [0.717, 1.165) is 23.1 Å².